The lowest BCUT2D eigenvalue weighted by Gasteiger charge is -2.20. The molecular weight excluding hydrogens is 677 g/mol. The highest BCUT2D eigenvalue weighted by atomic mass is 32.2. The molecule has 2 amide bonds. The molecule has 266 valence electrons. The van der Waals surface area contributed by atoms with E-state index in [4.69, 9.17) is 9.41 Å². The SMILES string of the molecule is CC(=O)Nc1c(C)cc(C)c(/N=c2/ccc3c(-c4ccccc4S(=O)(=O)O)c4ccc(Nc5c(C)cc(C)c(NC(C)=O)c5C)cc4oc-3c2)c1C. The van der Waals surface area contributed by atoms with Gasteiger partial charge in [0.05, 0.1) is 11.0 Å². The van der Waals surface area contributed by atoms with Crippen molar-refractivity contribution in [2.75, 3.05) is 16.0 Å². The first-order valence-corrected chi connectivity index (χ1v) is 18.1. The molecule has 0 bridgehead atoms. The van der Waals surface area contributed by atoms with Gasteiger partial charge in [-0.25, -0.2) is 4.99 Å². The highest BCUT2D eigenvalue weighted by Crippen LogP contribution is 2.43. The molecule has 11 heteroatoms. The van der Waals surface area contributed by atoms with Crippen LogP contribution in [0.4, 0.5) is 28.4 Å². The third kappa shape index (κ3) is 6.92. The molecule has 0 atom stereocenters. The van der Waals surface area contributed by atoms with Crippen molar-refractivity contribution in [2.24, 2.45) is 4.99 Å². The van der Waals surface area contributed by atoms with E-state index >= 15 is 0 Å². The maximum absolute atomic E-state index is 12.6. The predicted molar refractivity (Wildman–Crippen MR) is 207 cm³/mol. The maximum atomic E-state index is 12.6. The van der Waals surface area contributed by atoms with Gasteiger partial charge in [-0.05, 0) is 105 Å². The van der Waals surface area contributed by atoms with E-state index in [-0.39, 0.29) is 16.7 Å². The highest BCUT2D eigenvalue weighted by Gasteiger charge is 2.24. The Hall–Kier alpha value is -5.78. The number of benzene rings is 5. The molecule has 0 spiro atoms. The summed E-state index contributed by atoms with van der Waals surface area (Å²) in [6, 6.07) is 21.3. The normalized spacial score (nSPS) is 12.0. The summed E-state index contributed by atoms with van der Waals surface area (Å²) in [5.74, 6) is 0.0954. The Bertz CT molecular complexity index is 2610. The molecule has 0 saturated carbocycles. The van der Waals surface area contributed by atoms with Crippen molar-refractivity contribution in [3.63, 3.8) is 0 Å². The highest BCUT2D eigenvalue weighted by molar-refractivity contribution is 7.86. The van der Waals surface area contributed by atoms with E-state index in [0.717, 1.165) is 44.8 Å². The van der Waals surface area contributed by atoms with Crippen LogP contribution < -0.4 is 21.3 Å². The molecular formula is C41H40N4O6S. The number of fused-ring (bicyclic) bond motifs is 2. The van der Waals surface area contributed by atoms with Crippen LogP contribution in [0.1, 0.15) is 47.2 Å². The molecule has 0 radical (unpaired) electrons. The van der Waals surface area contributed by atoms with E-state index in [2.05, 4.69) is 16.0 Å². The summed E-state index contributed by atoms with van der Waals surface area (Å²) in [5, 5.41) is 10.6. The van der Waals surface area contributed by atoms with Crippen molar-refractivity contribution in [2.45, 2.75) is 60.3 Å². The Morgan fingerprint density at radius 2 is 1.31 bits per heavy atom. The van der Waals surface area contributed by atoms with Gasteiger partial charge in [0.15, 0.2) is 0 Å². The van der Waals surface area contributed by atoms with Crippen molar-refractivity contribution in [1.82, 2.24) is 0 Å². The number of hydrogen-bond donors (Lipinski definition) is 4. The number of amides is 2. The fourth-order valence-electron chi connectivity index (χ4n) is 6.95. The van der Waals surface area contributed by atoms with Gasteiger partial charge < -0.3 is 20.4 Å². The number of nitrogens with one attached hydrogen (secondary N) is 3. The average molecular weight is 717 g/mol. The topological polar surface area (TPSA) is 150 Å². The average Bonchev–Trinajstić information content (AvgIpc) is 3.07. The zero-order valence-corrected chi connectivity index (χ0v) is 31.1. The number of carbonyl (C=O) groups excluding carboxylic acids is 2. The van der Waals surface area contributed by atoms with E-state index in [1.165, 1.54) is 19.9 Å². The fraction of sp³-hybridized carbons (Fsp3) is 0.195. The smallest absolute Gasteiger partial charge is 0.295 e. The number of nitrogens with zero attached hydrogens (tertiary/aromatic N) is 1. The van der Waals surface area contributed by atoms with E-state index in [1.54, 1.807) is 24.3 Å². The maximum Gasteiger partial charge on any atom is 0.295 e. The third-order valence-corrected chi connectivity index (χ3v) is 10.1. The van der Waals surface area contributed by atoms with Crippen molar-refractivity contribution < 1.29 is 27.0 Å². The summed E-state index contributed by atoms with van der Waals surface area (Å²) in [7, 11) is -4.59. The lowest BCUT2D eigenvalue weighted by atomic mass is 9.93. The van der Waals surface area contributed by atoms with Crippen LogP contribution in [-0.2, 0) is 19.7 Å². The summed E-state index contributed by atoms with van der Waals surface area (Å²) in [6.07, 6.45) is 0. The van der Waals surface area contributed by atoms with Crippen LogP contribution in [0, 0.1) is 41.5 Å². The van der Waals surface area contributed by atoms with Gasteiger partial charge in [-0.15, -0.1) is 0 Å². The Labute approximate surface area is 302 Å². The Balaban J connectivity index is 1.60. The second kappa shape index (κ2) is 13.7. The number of anilines is 4. The fourth-order valence-corrected chi connectivity index (χ4v) is 7.65. The summed E-state index contributed by atoms with van der Waals surface area (Å²) in [5.41, 5.74) is 11.1. The summed E-state index contributed by atoms with van der Waals surface area (Å²) in [4.78, 5) is 28.7. The van der Waals surface area contributed by atoms with Gasteiger partial charge >= 0.3 is 0 Å². The predicted octanol–water partition coefficient (Wildman–Crippen LogP) is 9.19. The molecule has 6 rings (SSSR count). The molecule has 4 aromatic rings. The first-order chi connectivity index (χ1) is 24.5. The van der Waals surface area contributed by atoms with Crippen LogP contribution in [0.3, 0.4) is 0 Å². The molecule has 0 aromatic heterocycles. The molecule has 1 heterocycles. The number of rotatable bonds is 7. The molecule has 1 aliphatic carbocycles. The van der Waals surface area contributed by atoms with E-state index in [9.17, 15) is 22.6 Å². The number of carbonyl (C=O) groups is 2. The quantitative estimate of drug-likeness (QED) is 0.0950. The van der Waals surface area contributed by atoms with Crippen LogP contribution in [0.15, 0.2) is 87.1 Å². The number of aryl methyl sites for hydroxylation is 4. The van der Waals surface area contributed by atoms with Crippen LogP contribution in [0.25, 0.3) is 33.4 Å². The molecule has 0 unspecified atom stereocenters. The largest absolute Gasteiger partial charge is 0.456 e. The minimum atomic E-state index is -4.59. The molecule has 0 saturated heterocycles. The second-order valence-corrected chi connectivity index (χ2v) is 14.6. The lowest BCUT2D eigenvalue weighted by molar-refractivity contribution is -0.115. The standard InChI is InChI=1S/C41H40N4O6S/c1-21-17-23(3)40(25(5)38(21)42-27(7)46)44-29-13-15-31-34(19-29)51-35-20-30(45-41-24(4)18-22(2)39(26(41)6)43-28(8)47)14-16-32(35)37(31)33-11-9-10-12-36(33)52(48,49)50/h9-20,44H,1-8H3,(H,42,46)(H,43,47)(H,48,49,50)/b45-30-. The van der Waals surface area contributed by atoms with Gasteiger partial charge in [-0.1, -0.05) is 30.3 Å². The minimum absolute atomic E-state index is 0.165. The third-order valence-electron chi connectivity index (χ3n) is 9.15. The van der Waals surface area contributed by atoms with E-state index in [0.29, 0.717) is 55.8 Å². The van der Waals surface area contributed by atoms with Gasteiger partial charge in [0.2, 0.25) is 11.8 Å². The molecule has 0 fully saturated rings. The second-order valence-electron chi connectivity index (χ2n) is 13.2. The minimum Gasteiger partial charge on any atom is -0.456 e. The van der Waals surface area contributed by atoms with Crippen molar-refractivity contribution in [1.29, 1.82) is 0 Å². The molecule has 2 aliphatic rings. The van der Waals surface area contributed by atoms with Crippen molar-refractivity contribution in [3.05, 3.63) is 112 Å². The van der Waals surface area contributed by atoms with Crippen molar-refractivity contribution in [3.8, 4) is 22.5 Å². The molecule has 4 N–H and O–H groups in total. The zero-order chi connectivity index (χ0) is 37.6. The molecule has 10 nitrogen and oxygen atoms in total. The van der Waals surface area contributed by atoms with Gasteiger partial charge in [0.25, 0.3) is 10.1 Å². The van der Waals surface area contributed by atoms with Crippen LogP contribution in [0.5, 0.6) is 0 Å². The summed E-state index contributed by atoms with van der Waals surface area (Å²) in [6.45, 7) is 14.6. The van der Waals surface area contributed by atoms with Gasteiger partial charge in [-0.2, -0.15) is 8.42 Å². The van der Waals surface area contributed by atoms with Crippen LogP contribution in [-0.4, -0.2) is 24.8 Å². The van der Waals surface area contributed by atoms with Gasteiger partial charge in [0, 0.05) is 70.8 Å². The summed E-state index contributed by atoms with van der Waals surface area (Å²) < 4.78 is 42.1. The summed E-state index contributed by atoms with van der Waals surface area (Å²) >= 11 is 0. The van der Waals surface area contributed by atoms with E-state index < -0.39 is 10.1 Å². The van der Waals surface area contributed by atoms with Crippen LogP contribution in [0.2, 0.25) is 0 Å². The van der Waals surface area contributed by atoms with E-state index in [1.807, 2.05) is 84.0 Å². The molecule has 1 aliphatic heterocycles. The number of hydrogen-bond acceptors (Lipinski definition) is 7. The Kier molecular flexibility index (Phi) is 9.52. The monoisotopic (exact) mass is 716 g/mol. The first kappa shape index (κ1) is 36.0. The van der Waals surface area contributed by atoms with Crippen molar-refractivity contribution >= 4 is 61.3 Å². The Morgan fingerprint density at radius 3 is 1.96 bits per heavy atom. The van der Waals surface area contributed by atoms with Gasteiger partial charge in [0.1, 0.15) is 16.2 Å². The van der Waals surface area contributed by atoms with Crippen LogP contribution >= 0.6 is 0 Å². The zero-order valence-electron chi connectivity index (χ0n) is 30.3. The first-order valence-electron chi connectivity index (χ1n) is 16.7. The molecule has 4 aromatic carbocycles. The lowest BCUT2D eigenvalue weighted by Crippen LogP contribution is -2.10. The van der Waals surface area contributed by atoms with Gasteiger partial charge in [-0.3, -0.25) is 14.1 Å². The Morgan fingerprint density at radius 1 is 0.692 bits per heavy atom. The molecule has 52 heavy (non-hydrogen) atoms.